The molecule has 1 fully saturated rings. The third-order valence-electron chi connectivity index (χ3n) is 4.22. The second-order valence-electron chi connectivity index (χ2n) is 5.82. The van der Waals surface area contributed by atoms with Gasteiger partial charge in [-0.1, -0.05) is 13.8 Å². The van der Waals surface area contributed by atoms with Crippen LogP contribution in [0.2, 0.25) is 0 Å². The topological polar surface area (TPSA) is 23.5 Å². The summed E-state index contributed by atoms with van der Waals surface area (Å²) in [7, 11) is 2.16. The van der Waals surface area contributed by atoms with Gasteiger partial charge in [-0.3, -0.25) is 0 Å². The van der Waals surface area contributed by atoms with E-state index in [1.54, 1.807) is 0 Å². The second kappa shape index (κ2) is 3.82. The molecule has 2 heteroatoms. The van der Waals surface area contributed by atoms with Crippen molar-refractivity contribution in [2.45, 2.75) is 46.6 Å². The molecule has 1 aliphatic carbocycles. The van der Waals surface area contributed by atoms with E-state index in [1.807, 2.05) is 0 Å². The molecule has 0 aliphatic heterocycles. The summed E-state index contributed by atoms with van der Waals surface area (Å²) in [6.45, 7) is 10.4. The molecule has 0 radical (unpaired) electrons. The van der Waals surface area contributed by atoms with E-state index in [2.05, 4.69) is 39.6 Å². The zero-order valence-electron chi connectivity index (χ0n) is 10.3. The van der Waals surface area contributed by atoms with E-state index in [9.17, 15) is 5.11 Å². The Morgan fingerprint density at radius 1 is 1.36 bits per heavy atom. The van der Waals surface area contributed by atoms with Crippen LogP contribution in [0.4, 0.5) is 0 Å². The molecule has 0 aromatic carbocycles. The van der Waals surface area contributed by atoms with E-state index in [4.69, 9.17) is 0 Å². The van der Waals surface area contributed by atoms with Gasteiger partial charge in [-0.05, 0) is 45.7 Å². The molecular weight excluding hydrogens is 174 g/mol. The Morgan fingerprint density at radius 3 is 2.14 bits per heavy atom. The van der Waals surface area contributed by atoms with Crippen LogP contribution in [0.1, 0.15) is 40.5 Å². The second-order valence-corrected chi connectivity index (χ2v) is 5.82. The van der Waals surface area contributed by atoms with Gasteiger partial charge < -0.3 is 10.0 Å². The number of nitrogens with zero attached hydrogens (tertiary/aromatic N) is 1. The SMILES string of the molecule is CC(C)N(C)CCC1(CO)CC1(C)C. The monoisotopic (exact) mass is 199 g/mol. The molecule has 0 heterocycles. The predicted molar refractivity (Wildman–Crippen MR) is 60.3 cm³/mol. The molecule has 0 saturated heterocycles. The molecule has 1 aliphatic rings. The Balaban J connectivity index is 2.38. The lowest BCUT2D eigenvalue weighted by Gasteiger charge is -2.25. The maximum absolute atomic E-state index is 9.43. The van der Waals surface area contributed by atoms with Gasteiger partial charge in [0.1, 0.15) is 0 Å². The smallest absolute Gasteiger partial charge is 0.0493 e. The van der Waals surface area contributed by atoms with Crippen molar-refractivity contribution in [3.63, 3.8) is 0 Å². The van der Waals surface area contributed by atoms with Crippen LogP contribution in [0, 0.1) is 10.8 Å². The van der Waals surface area contributed by atoms with Crippen LogP contribution in [0.25, 0.3) is 0 Å². The molecule has 0 spiro atoms. The Morgan fingerprint density at radius 2 is 1.86 bits per heavy atom. The molecule has 0 bridgehead atoms. The summed E-state index contributed by atoms with van der Waals surface area (Å²) < 4.78 is 0. The average Bonchev–Trinajstić information content (AvgIpc) is 2.65. The number of hydrogen-bond donors (Lipinski definition) is 1. The van der Waals surface area contributed by atoms with Gasteiger partial charge in [-0.25, -0.2) is 0 Å². The van der Waals surface area contributed by atoms with Gasteiger partial charge in [0.05, 0.1) is 0 Å². The lowest BCUT2D eigenvalue weighted by atomic mass is 9.93. The highest BCUT2D eigenvalue weighted by Crippen LogP contribution is 2.65. The van der Waals surface area contributed by atoms with Gasteiger partial charge >= 0.3 is 0 Å². The van der Waals surface area contributed by atoms with Crippen LogP contribution < -0.4 is 0 Å². The van der Waals surface area contributed by atoms with Crippen molar-refractivity contribution in [3.05, 3.63) is 0 Å². The Labute approximate surface area is 88.3 Å². The molecule has 0 amide bonds. The van der Waals surface area contributed by atoms with Crippen LogP contribution in [0.15, 0.2) is 0 Å². The molecule has 0 aromatic heterocycles. The van der Waals surface area contributed by atoms with Crippen molar-refractivity contribution in [3.8, 4) is 0 Å². The van der Waals surface area contributed by atoms with Crippen molar-refractivity contribution in [1.82, 2.24) is 4.90 Å². The van der Waals surface area contributed by atoms with Crippen LogP contribution in [-0.2, 0) is 0 Å². The normalized spacial score (nSPS) is 30.0. The summed E-state index contributed by atoms with van der Waals surface area (Å²) in [6, 6.07) is 0.604. The van der Waals surface area contributed by atoms with Crippen molar-refractivity contribution < 1.29 is 5.11 Å². The fraction of sp³-hybridized carbons (Fsp3) is 1.00. The maximum Gasteiger partial charge on any atom is 0.0493 e. The first-order chi connectivity index (χ1) is 6.34. The molecule has 1 unspecified atom stereocenters. The number of aliphatic hydroxyl groups is 1. The van der Waals surface area contributed by atoms with E-state index in [0.29, 0.717) is 18.1 Å². The first-order valence-corrected chi connectivity index (χ1v) is 5.66. The van der Waals surface area contributed by atoms with Crippen molar-refractivity contribution in [2.75, 3.05) is 20.2 Å². The van der Waals surface area contributed by atoms with Gasteiger partial charge in [0, 0.05) is 18.1 Å². The summed E-state index contributed by atoms with van der Waals surface area (Å²) in [5.74, 6) is 0. The van der Waals surface area contributed by atoms with E-state index >= 15 is 0 Å². The third-order valence-corrected chi connectivity index (χ3v) is 4.22. The largest absolute Gasteiger partial charge is 0.396 e. The first kappa shape index (κ1) is 12.0. The van der Waals surface area contributed by atoms with Gasteiger partial charge in [0.15, 0.2) is 0 Å². The van der Waals surface area contributed by atoms with Crippen molar-refractivity contribution in [2.24, 2.45) is 10.8 Å². The Bertz CT molecular complexity index is 200. The Hall–Kier alpha value is -0.0800. The van der Waals surface area contributed by atoms with E-state index < -0.39 is 0 Å². The molecule has 1 rings (SSSR count). The summed E-state index contributed by atoms with van der Waals surface area (Å²) in [5.41, 5.74) is 0.579. The predicted octanol–water partition coefficient (Wildman–Crippen LogP) is 2.13. The zero-order valence-corrected chi connectivity index (χ0v) is 10.3. The highest BCUT2D eigenvalue weighted by Gasteiger charge is 2.59. The lowest BCUT2D eigenvalue weighted by Crippen LogP contribution is -2.30. The summed E-state index contributed by atoms with van der Waals surface area (Å²) in [4.78, 5) is 2.35. The van der Waals surface area contributed by atoms with Gasteiger partial charge in [0.2, 0.25) is 0 Å². The summed E-state index contributed by atoms with van der Waals surface area (Å²) >= 11 is 0. The first-order valence-electron chi connectivity index (χ1n) is 5.66. The Kier molecular flexibility index (Phi) is 3.27. The molecule has 1 atom stereocenters. The van der Waals surface area contributed by atoms with Gasteiger partial charge in [0.25, 0.3) is 0 Å². The highest BCUT2D eigenvalue weighted by atomic mass is 16.3. The molecule has 14 heavy (non-hydrogen) atoms. The van der Waals surface area contributed by atoms with Crippen LogP contribution >= 0.6 is 0 Å². The zero-order chi connectivity index (χ0) is 11.0. The minimum Gasteiger partial charge on any atom is -0.396 e. The van der Waals surface area contributed by atoms with Crippen LogP contribution in [0.3, 0.4) is 0 Å². The highest BCUT2D eigenvalue weighted by molar-refractivity contribution is 5.09. The number of rotatable bonds is 5. The van der Waals surface area contributed by atoms with E-state index in [0.717, 1.165) is 13.0 Å². The molecule has 1 N–H and O–H groups in total. The van der Waals surface area contributed by atoms with Gasteiger partial charge in [-0.15, -0.1) is 0 Å². The van der Waals surface area contributed by atoms with E-state index in [-0.39, 0.29) is 5.41 Å². The lowest BCUT2D eigenvalue weighted by molar-refractivity contribution is 0.148. The van der Waals surface area contributed by atoms with Crippen LogP contribution in [0.5, 0.6) is 0 Å². The maximum atomic E-state index is 9.43. The molecule has 2 nitrogen and oxygen atoms in total. The fourth-order valence-electron chi connectivity index (χ4n) is 2.23. The minimum atomic E-state index is 0.218. The third kappa shape index (κ3) is 2.12. The number of hydrogen-bond acceptors (Lipinski definition) is 2. The fourth-order valence-corrected chi connectivity index (χ4v) is 2.23. The molecule has 0 aromatic rings. The minimum absolute atomic E-state index is 0.218. The average molecular weight is 199 g/mol. The quantitative estimate of drug-likeness (QED) is 0.733. The van der Waals surface area contributed by atoms with Crippen molar-refractivity contribution in [1.29, 1.82) is 0 Å². The summed E-state index contributed by atoms with van der Waals surface area (Å²) in [5, 5.41) is 9.43. The molecule has 1 saturated carbocycles. The molecular formula is C12H25NO. The van der Waals surface area contributed by atoms with Gasteiger partial charge in [-0.2, -0.15) is 0 Å². The standard InChI is InChI=1S/C12H25NO/c1-10(2)13(5)7-6-12(9-14)8-11(12,3)4/h10,14H,6-9H2,1-5H3. The van der Waals surface area contributed by atoms with Crippen molar-refractivity contribution >= 4 is 0 Å². The number of aliphatic hydroxyl groups excluding tert-OH is 1. The summed E-state index contributed by atoms with van der Waals surface area (Å²) in [6.07, 6.45) is 2.31. The van der Waals surface area contributed by atoms with Crippen LogP contribution in [-0.4, -0.2) is 36.2 Å². The molecule has 84 valence electrons. The van der Waals surface area contributed by atoms with E-state index in [1.165, 1.54) is 6.42 Å².